The molecule has 0 unspecified atom stereocenters. The van der Waals surface area contributed by atoms with Crippen LogP contribution >= 0.6 is 22.6 Å². The number of halogens is 1. The number of rotatable bonds is 2. The topological polar surface area (TPSA) is 55.1 Å². The number of benzene rings is 1. The van der Waals surface area contributed by atoms with E-state index in [4.69, 9.17) is 5.73 Å². The van der Waals surface area contributed by atoms with E-state index in [1.54, 1.807) is 0 Å². The molecule has 0 heterocycles. The zero-order chi connectivity index (χ0) is 13.1. The van der Waals surface area contributed by atoms with E-state index in [9.17, 15) is 4.79 Å². The second-order valence-electron chi connectivity index (χ2n) is 5.07. The average Bonchev–Trinajstić information content (AvgIpc) is 2.35. The van der Waals surface area contributed by atoms with Crippen LogP contribution in [-0.2, 0) is 0 Å². The standard InChI is InChI=1S/C14H19IN2O/c1-9-2-7-13(15)12(8-9)14(18)17-11-5-3-10(16)4-6-11/h2,7-8,10-11H,3-6,16H2,1H3,(H,17,18). The normalized spacial score (nSPS) is 23.7. The Morgan fingerprint density at radius 1 is 1.33 bits per heavy atom. The highest BCUT2D eigenvalue weighted by Gasteiger charge is 2.21. The summed E-state index contributed by atoms with van der Waals surface area (Å²) in [6.07, 6.45) is 4.01. The number of nitrogens with two attached hydrogens (primary N) is 1. The van der Waals surface area contributed by atoms with Gasteiger partial charge in [0.15, 0.2) is 0 Å². The van der Waals surface area contributed by atoms with Gasteiger partial charge >= 0.3 is 0 Å². The molecule has 4 heteroatoms. The lowest BCUT2D eigenvalue weighted by molar-refractivity contribution is 0.0925. The van der Waals surface area contributed by atoms with Crippen LogP contribution in [-0.4, -0.2) is 18.0 Å². The van der Waals surface area contributed by atoms with E-state index in [2.05, 4.69) is 27.9 Å². The number of carbonyl (C=O) groups is 1. The average molecular weight is 358 g/mol. The zero-order valence-corrected chi connectivity index (χ0v) is 12.7. The molecule has 0 saturated heterocycles. The van der Waals surface area contributed by atoms with Gasteiger partial charge in [0.2, 0.25) is 0 Å². The van der Waals surface area contributed by atoms with Gasteiger partial charge in [-0.3, -0.25) is 4.79 Å². The summed E-state index contributed by atoms with van der Waals surface area (Å²) in [7, 11) is 0. The smallest absolute Gasteiger partial charge is 0.252 e. The van der Waals surface area contributed by atoms with Gasteiger partial charge in [0, 0.05) is 15.7 Å². The first-order valence-electron chi connectivity index (χ1n) is 6.39. The predicted molar refractivity (Wildman–Crippen MR) is 81.6 cm³/mol. The number of nitrogens with one attached hydrogen (secondary N) is 1. The van der Waals surface area contributed by atoms with Crippen molar-refractivity contribution in [1.29, 1.82) is 0 Å². The lowest BCUT2D eigenvalue weighted by atomic mass is 9.91. The first-order chi connectivity index (χ1) is 8.56. The Hall–Kier alpha value is -0.620. The van der Waals surface area contributed by atoms with E-state index in [0.717, 1.165) is 40.4 Å². The highest BCUT2D eigenvalue weighted by molar-refractivity contribution is 14.1. The van der Waals surface area contributed by atoms with Crippen molar-refractivity contribution in [2.24, 2.45) is 5.73 Å². The highest BCUT2D eigenvalue weighted by Crippen LogP contribution is 2.19. The minimum absolute atomic E-state index is 0.0450. The Balaban J connectivity index is 2.01. The van der Waals surface area contributed by atoms with E-state index in [-0.39, 0.29) is 11.9 Å². The van der Waals surface area contributed by atoms with Crippen LogP contribution in [0.5, 0.6) is 0 Å². The number of carbonyl (C=O) groups excluding carboxylic acids is 1. The van der Waals surface area contributed by atoms with Crippen LogP contribution in [0, 0.1) is 10.5 Å². The molecule has 0 aromatic heterocycles. The summed E-state index contributed by atoms with van der Waals surface area (Å²) in [6, 6.07) is 6.57. The molecule has 1 fully saturated rings. The van der Waals surface area contributed by atoms with Crippen molar-refractivity contribution in [1.82, 2.24) is 5.32 Å². The van der Waals surface area contributed by atoms with Gasteiger partial charge in [-0.1, -0.05) is 11.6 Å². The third-order valence-electron chi connectivity index (χ3n) is 3.47. The molecule has 3 N–H and O–H groups in total. The van der Waals surface area contributed by atoms with Gasteiger partial charge in [0.25, 0.3) is 5.91 Å². The second kappa shape index (κ2) is 6.02. The lowest BCUT2D eigenvalue weighted by Gasteiger charge is -2.27. The van der Waals surface area contributed by atoms with E-state index >= 15 is 0 Å². The van der Waals surface area contributed by atoms with Crippen LogP contribution in [0.3, 0.4) is 0 Å². The van der Waals surface area contributed by atoms with Gasteiger partial charge in [-0.25, -0.2) is 0 Å². The summed E-state index contributed by atoms with van der Waals surface area (Å²) in [5, 5.41) is 3.12. The van der Waals surface area contributed by atoms with Gasteiger partial charge in [0.05, 0.1) is 5.56 Å². The minimum atomic E-state index is 0.0450. The Labute approximate surface area is 122 Å². The molecule has 3 nitrogen and oxygen atoms in total. The molecule has 0 aliphatic heterocycles. The molecule has 1 aromatic carbocycles. The summed E-state index contributed by atoms with van der Waals surface area (Å²) >= 11 is 2.21. The summed E-state index contributed by atoms with van der Waals surface area (Å²) in [5.41, 5.74) is 7.77. The molecule has 0 atom stereocenters. The van der Waals surface area contributed by atoms with Crippen molar-refractivity contribution >= 4 is 28.5 Å². The molecule has 18 heavy (non-hydrogen) atoms. The summed E-state index contributed by atoms with van der Waals surface area (Å²) in [4.78, 5) is 12.2. The van der Waals surface area contributed by atoms with Crippen LogP contribution in [0.1, 0.15) is 41.6 Å². The molecular weight excluding hydrogens is 339 g/mol. The number of hydrogen-bond donors (Lipinski definition) is 2. The van der Waals surface area contributed by atoms with E-state index in [1.807, 2.05) is 25.1 Å². The Morgan fingerprint density at radius 3 is 2.67 bits per heavy atom. The molecule has 0 radical (unpaired) electrons. The van der Waals surface area contributed by atoms with E-state index in [1.165, 1.54) is 0 Å². The predicted octanol–water partition coefficient (Wildman–Crippen LogP) is 2.60. The molecule has 2 rings (SSSR count). The molecule has 1 saturated carbocycles. The van der Waals surface area contributed by atoms with Crippen LogP contribution < -0.4 is 11.1 Å². The maximum Gasteiger partial charge on any atom is 0.252 e. The molecular formula is C14H19IN2O. The summed E-state index contributed by atoms with van der Waals surface area (Å²) in [6.45, 7) is 2.01. The first-order valence-corrected chi connectivity index (χ1v) is 7.46. The van der Waals surface area contributed by atoms with Gasteiger partial charge < -0.3 is 11.1 Å². The van der Waals surface area contributed by atoms with Crippen molar-refractivity contribution in [3.8, 4) is 0 Å². The fourth-order valence-corrected chi connectivity index (χ4v) is 2.92. The third kappa shape index (κ3) is 3.45. The van der Waals surface area contributed by atoms with Crippen LogP contribution in [0.25, 0.3) is 0 Å². The number of aryl methyl sites for hydroxylation is 1. The Morgan fingerprint density at radius 2 is 2.00 bits per heavy atom. The van der Waals surface area contributed by atoms with Crippen molar-refractivity contribution < 1.29 is 4.79 Å². The monoisotopic (exact) mass is 358 g/mol. The SMILES string of the molecule is Cc1ccc(I)c(C(=O)NC2CCC(N)CC2)c1. The van der Waals surface area contributed by atoms with Gasteiger partial charge in [-0.15, -0.1) is 0 Å². The molecule has 0 bridgehead atoms. The second-order valence-corrected chi connectivity index (χ2v) is 6.23. The molecule has 1 aliphatic carbocycles. The third-order valence-corrected chi connectivity index (χ3v) is 4.41. The van der Waals surface area contributed by atoms with E-state index < -0.39 is 0 Å². The van der Waals surface area contributed by atoms with Gasteiger partial charge in [-0.2, -0.15) is 0 Å². The maximum absolute atomic E-state index is 12.2. The van der Waals surface area contributed by atoms with Crippen LogP contribution in [0.4, 0.5) is 0 Å². The molecule has 1 aromatic rings. The minimum Gasteiger partial charge on any atom is -0.349 e. The fraction of sp³-hybridized carbons (Fsp3) is 0.500. The fourth-order valence-electron chi connectivity index (χ4n) is 2.34. The Bertz CT molecular complexity index is 439. The van der Waals surface area contributed by atoms with Crippen molar-refractivity contribution in [3.05, 3.63) is 32.9 Å². The summed E-state index contributed by atoms with van der Waals surface area (Å²) < 4.78 is 1.00. The van der Waals surface area contributed by atoms with Gasteiger partial charge in [-0.05, 0) is 67.3 Å². The van der Waals surface area contributed by atoms with Crippen molar-refractivity contribution in [2.45, 2.75) is 44.7 Å². The zero-order valence-electron chi connectivity index (χ0n) is 10.6. The molecule has 0 spiro atoms. The highest BCUT2D eigenvalue weighted by atomic mass is 127. The Kier molecular flexibility index (Phi) is 4.61. The van der Waals surface area contributed by atoms with Crippen molar-refractivity contribution in [2.75, 3.05) is 0 Å². The number of amides is 1. The van der Waals surface area contributed by atoms with Crippen LogP contribution in [0.2, 0.25) is 0 Å². The quantitative estimate of drug-likeness (QED) is 0.799. The first kappa shape index (κ1) is 13.8. The molecule has 98 valence electrons. The lowest BCUT2D eigenvalue weighted by Crippen LogP contribution is -2.40. The number of hydrogen-bond acceptors (Lipinski definition) is 2. The molecule has 1 amide bonds. The maximum atomic E-state index is 12.2. The van der Waals surface area contributed by atoms with Gasteiger partial charge in [0.1, 0.15) is 0 Å². The molecule has 1 aliphatic rings. The van der Waals surface area contributed by atoms with E-state index in [0.29, 0.717) is 6.04 Å². The van der Waals surface area contributed by atoms with Crippen molar-refractivity contribution in [3.63, 3.8) is 0 Å². The van der Waals surface area contributed by atoms with Crippen LogP contribution in [0.15, 0.2) is 18.2 Å². The largest absolute Gasteiger partial charge is 0.349 e. The summed E-state index contributed by atoms with van der Waals surface area (Å²) in [5.74, 6) is 0.0450.